The predicted molar refractivity (Wildman–Crippen MR) is 87.2 cm³/mol. The van der Waals surface area contributed by atoms with Crippen LogP contribution >= 0.6 is 0 Å². The summed E-state index contributed by atoms with van der Waals surface area (Å²) in [6.45, 7) is 13.1. The molecule has 1 atom stereocenters. The van der Waals surface area contributed by atoms with Gasteiger partial charge in [-0.05, 0) is 39.5 Å². The Labute approximate surface area is 128 Å². The van der Waals surface area contributed by atoms with Gasteiger partial charge in [-0.1, -0.05) is 13.8 Å². The molecule has 0 amide bonds. The summed E-state index contributed by atoms with van der Waals surface area (Å²) >= 11 is 0. The van der Waals surface area contributed by atoms with Crippen LogP contribution in [-0.2, 0) is 13.1 Å². The van der Waals surface area contributed by atoms with Crippen molar-refractivity contribution < 1.29 is 0 Å². The normalized spacial score (nSPS) is 13.5. The number of aliphatic imine (C=N–C) groups is 1. The summed E-state index contributed by atoms with van der Waals surface area (Å²) in [7, 11) is 0. The molecular formula is C15H30N6. The molecule has 6 nitrogen and oxygen atoms in total. The Morgan fingerprint density at radius 1 is 1.29 bits per heavy atom. The van der Waals surface area contributed by atoms with Crippen molar-refractivity contribution in [1.29, 1.82) is 0 Å². The van der Waals surface area contributed by atoms with E-state index in [0.717, 1.165) is 37.2 Å². The molecule has 0 fully saturated rings. The van der Waals surface area contributed by atoms with Crippen LogP contribution in [-0.4, -0.2) is 33.3 Å². The minimum atomic E-state index is 0.411. The van der Waals surface area contributed by atoms with E-state index in [1.54, 1.807) is 6.33 Å². The molecule has 0 spiro atoms. The molecule has 21 heavy (non-hydrogen) atoms. The van der Waals surface area contributed by atoms with Crippen LogP contribution in [0, 0.1) is 5.92 Å². The lowest BCUT2D eigenvalue weighted by molar-refractivity contribution is 0.489. The van der Waals surface area contributed by atoms with Gasteiger partial charge in [0.15, 0.2) is 11.8 Å². The zero-order valence-corrected chi connectivity index (χ0v) is 14.1. The van der Waals surface area contributed by atoms with Crippen molar-refractivity contribution in [1.82, 2.24) is 25.4 Å². The predicted octanol–water partition coefficient (Wildman–Crippen LogP) is 2.18. The molecule has 0 aliphatic heterocycles. The number of hydrogen-bond acceptors (Lipinski definition) is 3. The number of aromatic nitrogens is 3. The van der Waals surface area contributed by atoms with Crippen LogP contribution in [0.1, 0.15) is 53.3 Å². The summed E-state index contributed by atoms with van der Waals surface area (Å²) in [6.07, 6.45) is 4.11. The van der Waals surface area contributed by atoms with E-state index in [2.05, 4.69) is 60.4 Å². The van der Waals surface area contributed by atoms with Gasteiger partial charge in [0.05, 0.1) is 0 Å². The zero-order chi connectivity index (χ0) is 15.7. The standard InChI is InChI=1S/C15H30N6/c1-6-16-15(19-13(5)9-8-12(3)4)17-10-14-20-18-11-21(14)7-2/h11-13H,6-10H2,1-5H3,(H2,16,17,19). The van der Waals surface area contributed by atoms with E-state index in [4.69, 9.17) is 0 Å². The Kier molecular flexibility index (Phi) is 7.79. The largest absolute Gasteiger partial charge is 0.357 e. The van der Waals surface area contributed by atoms with Gasteiger partial charge < -0.3 is 15.2 Å². The molecular weight excluding hydrogens is 264 g/mol. The van der Waals surface area contributed by atoms with Gasteiger partial charge in [0.1, 0.15) is 12.9 Å². The fourth-order valence-corrected chi connectivity index (χ4v) is 2.02. The van der Waals surface area contributed by atoms with Crippen molar-refractivity contribution in [2.24, 2.45) is 10.9 Å². The maximum atomic E-state index is 4.60. The summed E-state index contributed by atoms with van der Waals surface area (Å²) < 4.78 is 2.01. The first-order valence-electron chi connectivity index (χ1n) is 7.98. The molecule has 1 rings (SSSR count). The molecule has 1 heterocycles. The average Bonchev–Trinajstić information content (AvgIpc) is 2.90. The maximum absolute atomic E-state index is 4.60. The van der Waals surface area contributed by atoms with E-state index in [-0.39, 0.29) is 0 Å². The van der Waals surface area contributed by atoms with Crippen LogP contribution in [0.4, 0.5) is 0 Å². The van der Waals surface area contributed by atoms with Gasteiger partial charge >= 0.3 is 0 Å². The summed E-state index contributed by atoms with van der Waals surface area (Å²) in [6, 6.07) is 0.411. The Morgan fingerprint density at radius 2 is 2.05 bits per heavy atom. The van der Waals surface area contributed by atoms with Crippen molar-refractivity contribution >= 4 is 5.96 Å². The maximum Gasteiger partial charge on any atom is 0.191 e. The van der Waals surface area contributed by atoms with Crippen molar-refractivity contribution in [3.63, 3.8) is 0 Å². The first kappa shape index (κ1) is 17.5. The molecule has 120 valence electrons. The molecule has 2 N–H and O–H groups in total. The van der Waals surface area contributed by atoms with Crippen molar-refractivity contribution in [2.75, 3.05) is 6.54 Å². The van der Waals surface area contributed by atoms with E-state index < -0.39 is 0 Å². The van der Waals surface area contributed by atoms with E-state index in [0.29, 0.717) is 12.6 Å². The SMILES string of the molecule is CCNC(=NCc1nncn1CC)NC(C)CCC(C)C. The molecule has 0 bridgehead atoms. The van der Waals surface area contributed by atoms with Crippen LogP contribution < -0.4 is 10.6 Å². The first-order chi connectivity index (χ1) is 10.1. The van der Waals surface area contributed by atoms with Crippen molar-refractivity contribution in [2.45, 2.75) is 66.6 Å². The summed E-state index contributed by atoms with van der Waals surface area (Å²) in [5.74, 6) is 2.47. The third kappa shape index (κ3) is 6.60. The Hall–Kier alpha value is -1.59. The topological polar surface area (TPSA) is 67.1 Å². The molecule has 0 radical (unpaired) electrons. The lowest BCUT2D eigenvalue weighted by atomic mass is 10.0. The van der Waals surface area contributed by atoms with Gasteiger partial charge in [0.25, 0.3) is 0 Å². The van der Waals surface area contributed by atoms with Crippen LogP contribution in [0.5, 0.6) is 0 Å². The van der Waals surface area contributed by atoms with Crippen molar-refractivity contribution in [3.8, 4) is 0 Å². The second-order valence-electron chi connectivity index (χ2n) is 5.74. The second-order valence-corrected chi connectivity index (χ2v) is 5.74. The van der Waals surface area contributed by atoms with Crippen LogP contribution in [0.3, 0.4) is 0 Å². The highest BCUT2D eigenvalue weighted by Gasteiger charge is 2.07. The quantitative estimate of drug-likeness (QED) is 0.569. The summed E-state index contributed by atoms with van der Waals surface area (Å²) in [5.41, 5.74) is 0. The second kappa shape index (κ2) is 9.37. The Bertz CT molecular complexity index is 424. The first-order valence-corrected chi connectivity index (χ1v) is 7.98. The number of aryl methyl sites for hydroxylation is 1. The Morgan fingerprint density at radius 3 is 2.67 bits per heavy atom. The minimum Gasteiger partial charge on any atom is -0.357 e. The highest BCUT2D eigenvalue weighted by atomic mass is 15.3. The highest BCUT2D eigenvalue weighted by molar-refractivity contribution is 5.79. The molecule has 1 aromatic rings. The highest BCUT2D eigenvalue weighted by Crippen LogP contribution is 2.06. The smallest absolute Gasteiger partial charge is 0.191 e. The molecule has 0 aliphatic rings. The molecule has 0 aliphatic carbocycles. The molecule has 1 unspecified atom stereocenters. The number of nitrogens with one attached hydrogen (secondary N) is 2. The van der Waals surface area contributed by atoms with Gasteiger partial charge in [-0.25, -0.2) is 4.99 Å². The fraction of sp³-hybridized carbons (Fsp3) is 0.800. The Balaban J connectivity index is 2.57. The molecule has 0 saturated carbocycles. The van der Waals surface area contributed by atoms with Gasteiger partial charge in [-0.15, -0.1) is 10.2 Å². The summed E-state index contributed by atoms with van der Waals surface area (Å²) in [4.78, 5) is 4.60. The van der Waals surface area contributed by atoms with E-state index in [1.165, 1.54) is 6.42 Å². The van der Waals surface area contributed by atoms with E-state index in [9.17, 15) is 0 Å². The van der Waals surface area contributed by atoms with Gasteiger partial charge in [-0.2, -0.15) is 0 Å². The number of rotatable bonds is 8. The number of hydrogen-bond donors (Lipinski definition) is 2. The third-order valence-electron chi connectivity index (χ3n) is 3.32. The fourth-order valence-electron chi connectivity index (χ4n) is 2.02. The van der Waals surface area contributed by atoms with Gasteiger partial charge in [0.2, 0.25) is 0 Å². The van der Waals surface area contributed by atoms with E-state index >= 15 is 0 Å². The lowest BCUT2D eigenvalue weighted by Crippen LogP contribution is -2.42. The zero-order valence-electron chi connectivity index (χ0n) is 14.1. The summed E-state index contributed by atoms with van der Waals surface area (Å²) in [5, 5.41) is 14.8. The van der Waals surface area contributed by atoms with Crippen LogP contribution in [0.25, 0.3) is 0 Å². The van der Waals surface area contributed by atoms with Gasteiger partial charge in [0, 0.05) is 19.1 Å². The monoisotopic (exact) mass is 294 g/mol. The van der Waals surface area contributed by atoms with E-state index in [1.807, 2.05) is 4.57 Å². The molecule has 6 heteroatoms. The molecule has 1 aromatic heterocycles. The van der Waals surface area contributed by atoms with Gasteiger partial charge in [-0.3, -0.25) is 0 Å². The average molecular weight is 294 g/mol. The third-order valence-corrected chi connectivity index (χ3v) is 3.32. The van der Waals surface area contributed by atoms with Crippen LogP contribution in [0.2, 0.25) is 0 Å². The molecule has 0 saturated heterocycles. The molecule has 0 aromatic carbocycles. The lowest BCUT2D eigenvalue weighted by Gasteiger charge is -2.18. The minimum absolute atomic E-state index is 0.411. The van der Waals surface area contributed by atoms with Crippen LogP contribution in [0.15, 0.2) is 11.3 Å². The number of guanidine groups is 1. The number of nitrogens with zero attached hydrogens (tertiary/aromatic N) is 4. The van der Waals surface area contributed by atoms with Crippen molar-refractivity contribution in [3.05, 3.63) is 12.2 Å².